The van der Waals surface area contributed by atoms with Gasteiger partial charge in [0.2, 0.25) is 5.91 Å². The summed E-state index contributed by atoms with van der Waals surface area (Å²) in [5.41, 5.74) is 5.89. The monoisotopic (exact) mass is 214 g/mol. The zero-order chi connectivity index (χ0) is 11.3. The number of aliphatic hydroxyl groups excluding tert-OH is 2. The predicted octanol–water partition coefficient (Wildman–Crippen LogP) is -2.07. The highest BCUT2D eigenvalue weighted by atomic mass is 16.3. The van der Waals surface area contributed by atoms with Crippen molar-refractivity contribution in [2.24, 2.45) is 0 Å². The number of nitrogens with zero attached hydrogens (tertiary/aromatic N) is 2. The Kier molecular flexibility index (Phi) is 4.07. The summed E-state index contributed by atoms with van der Waals surface area (Å²) in [5, 5.41) is 23.7. The Balaban J connectivity index is 2.30. The predicted molar refractivity (Wildman–Crippen MR) is 52.7 cm³/mol. The van der Waals surface area contributed by atoms with E-state index >= 15 is 0 Å². The molecule has 1 atom stereocenters. The van der Waals surface area contributed by atoms with Crippen LogP contribution in [0.2, 0.25) is 0 Å². The first-order valence-electron chi connectivity index (χ1n) is 4.45. The van der Waals surface area contributed by atoms with Crippen LogP contribution in [0, 0.1) is 0 Å². The Morgan fingerprint density at radius 3 is 3.00 bits per heavy atom. The molecule has 1 heterocycles. The fraction of sp³-hybridized carbons (Fsp3) is 0.500. The van der Waals surface area contributed by atoms with Gasteiger partial charge in [0.1, 0.15) is 6.54 Å². The number of nitrogens with two attached hydrogens (primary N) is 1. The molecular weight excluding hydrogens is 200 g/mol. The van der Waals surface area contributed by atoms with Crippen LogP contribution in [0.25, 0.3) is 0 Å². The molecule has 0 aliphatic heterocycles. The van der Waals surface area contributed by atoms with Crippen molar-refractivity contribution in [1.29, 1.82) is 0 Å². The number of amides is 1. The van der Waals surface area contributed by atoms with Gasteiger partial charge in [0.25, 0.3) is 0 Å². The minimum absolute atomic E-state index is 0.0199. The summed E-state index contributed by atoms with van der Waals surface area (Å²) in [5.74, 6) is -0.300. The van der Waals surface area contributed by atoms with Gasteiger partial charge in [0, 0.05) is 12.7 Å². The minimum atomic E-state index is -0.934. The van der Waals surface area contributed by atoms with Crippen LogP contribution in [-0.4, -0.2) is 45.2 Å². The number of nitrogens with one attached hydrogen (secondary N) is 1. The van der Waals surface area contributed by atoms with Crippen LogP contribution in [-0.2, 0) is 11.3 Å². The van der Waals surface area contributed by atoms with Crippen LogP contribution < -0.4 is 11.1 Å². The highest BCUT2D eigenvalue weighted by molar-refractivity contribution is 5.75. The van der Waals surface area contributed by atoms with Gasteiger partial charge in [0.15, 0.2) is 0 Å². The van der Waals surface area contributed by atoms with E-state index in [1.807, 2.05) is 0 Å². The maximum atomic E-state index is 11.2. The molecule has 1 aromatic heterocycles. The molecule has 0 bridgehead atoms. The lowest BCUT2D eigenvalue weighted by atomic mass is 10.4. The van der Waals surface area contributed by atoms with Crippen LogP contribution in [0.5, 0.6) is 0 Å². The van der Waals surface area contributed by atoms with Crippen LogP contribution in [0.1, 0.15) is 0 Å². The molecular formula is C8H14N4O3. The summed E-state index contributed by atoms with van der Waals surface area (Å²) < 4.78 is 1.38. The molecule has 0 saturated carbocycles. The van der Waals surface area contributed by atoms with Gasteiger partial charge in [0.05, 0.1) is 24.6 Å². The van der Waals surface area contributed by atoms with Crippen molar-refractivity contribution in [2.75, 3.05) is 18.9 Å². The SMILES string of the molecule is Nc1cnn(CC(=O)NCC(O)CO)c1. The molecule has 0 radical (unpaired) electrons. The molecule has 1 amide bonds. The van der Waals surface area contributed by atoms with Crippen molar-refractivity contribution in [3.63, 3.8) is 0 Å². The van der Waals surface area contributed by atoms with Gasteiger partial charge < -0.3 is 21.3 Å². The zero-order valence-corrected chi connectivity index (χ0v) is 8.13. The first kappa shape index (κ1) is 11.5. The van der Waals surface area contributed by atoms with Crippen molar-refractivity contribution in [2.45, 2.75) is 12.6 Å². The van der Waals surface area contributed by atoms with E-state index in [0.29, 0.717) is 5.69 Å². The highest BCUT2D eigenvalue weighted by Crippen LogP contribution is 1.96. The lowest BCUT2D eigenvalue weighted by molar-refractivity contribution is -0.122. The Labute approximate surface area is 86.5 Å². The number of hydrogen-bond acceptors (Lipinski definition) is 5. The quantitative estimate of drug-likeness (QED) is 0.450. The molecule has 0 aromatic carbocycles. The Morgan fingerprint density at radius 1 is 1.73 bits per heavy atom. The number of aromatic nitrogens is 2. The second-order valence-electron chi connectivity index (χ2n) is 3.11. The number of aliphatic hydroxyl groups is 2. The van der Waals surface area contributed by atoms with E-state index in [2.05, 4.69) is 10.4 Å². The number of anilines is 1. The average molecular weight is 214 g/mol. The second-order valence-corrected chi connectivity index (χ2v) is 3.11. The van der Waals surface area contributed by atoms with Crippen molar-refractivity contribution < 1.29 is 15.0 Å². The third kappa shape index (κ3) is 3.96. The van der Waals surface area contributed by atoms with Gasteiger partial charge in [-0.2, -0.15) is 5.10 Å². The summed E-state index contributed by atoms with van der Waals surface area (Å²) in [7, 11) is 0. The number of carbonyl (C=O) groups excluding carboxylic acids is 1. The molecule has 1 unspecified atom stereocenters. The summed E-state index contributed by atoms with van der Waals surface area (Å²) in [6.45, 7) is -0.323. The fourth-order valence-electron chi connectivity index (χ4n) is 0.965. The van der Waals surface area contributed by atoms with Crippen molar-refractivity contribution in [3.8, 4) is 0 Å². The van der Waals surface area contributed by atoms with Gasteiger partial charge in [-0.1, -0.05) is 0 Å². The first-order chi connectivity index (χ1) is 7.11. The summed E-state index contributed by atoms with van der Waals surface area (Å²) in [6, 6.07) is 0. The maximum Gasteiger partial charge on any atom is 0.241 e. The van der Waals surface area contributed by atoms with E-state index in [4.69, 9.17) is 15.9 Å². The number of carbonyl (C=O) groups is 1. The molecule has 5 N–H and O–H groups in total. The van der Waals surface area contributed by atoms with E-state index in [1.54, 1.807) is 0 Å². The zero-order valence-electron chi connectivity index (χ0n) is 8.13. The molecule has 0 spiro atoms. The number of rotatable bonds is 5. The Morgan fingerprint density at radius 2 is 2.47 bits per heavy atom. The van der Waals surface area contributed by atoms with Crippen LogP contribution in [0.3, 0.4) is 0 Å². The van der Waals surface area contributed by atoms with Gasteiger partial charge in [-0.25, -0.2) is 0 Å². The van der Waals surface area contributed by atoms with Crippen LogP contribution in [0.4, 0.5) is 5.69 Å². The molecule has 0 aliphatic carbocycles. The summed E-state index contributed by atoms with van der Waals surface area (Å²) >= 11 is 0. The van der Waals surface area contributed by atoms with E-state index in [1.165, 1.54) is 17.1 Å². The third-order valence-electron chi connectivity index (χ3n) is 1.70. The third-order valence-corrected chi connectivity index (χ3v) is 1.70. The molecule has 0 saturated heterocycles. The number of hydrogen-bond donors (Lipinski definition) is 4. The number of nitrogen functional groups attached to an aromatic ring is 1. The molecule has 0 fully saturated rings. The van der Waals surface area contributed by atoms with Gasteiger partial charge in [-0.15, -0.1) is 0 Å². The Hall–Kier alpha value is -1.60. The average Bonchev–Trinajstić information content (AvgIpc) is 2.60. The fourth-order valence-corrected chi connectivity index (χ4v) is 0.965. The normalized spacial score (nSPS) is 12.4. The van der Waals surface area contributed by atoms with Crippen molar-refractivity contribution in [3.05, 3.63) is 12.4 Å². The van der Waals surface area contributed by atoms with E-state index in [9.17, 15) is 4.79 Å². The van der Waals surface area contributed by atoms with E-state index in [-0.39, 0.29) is 25.6 Å². The topological polar surface area (TPSA) is 113 Å². The van der Waals surface area contributed by atoms with Gasteiger partial charge in [-0.05, 0) is 0 Å². The van der Waals surface area contributed by atoms with Gasteiger partial charge >= 0.3 is 0 Å². The smallest absolute Gasteiger partial charge is 0.241 e. The van der Waals surface area contributed by atoms with Crippen LogP contribution in [0.15, 0.2) is 12.4 Å². The lowest BCUT2D eigenvalue weighted by Gasteiger charge is -2.08. The molecule has 7 nitrogen and oxygen atoms in total. The largest absolute Gasteiger partial charge is 0.396 e. The van der Waals surface area contributed by atoms with E-state index < -0.39 is 6.10 Å². The standard InChI is InChI=1S/C8H14N4O3/c9-6-1-11-12(3-6)4-8(15)10-2-7(14)5-13/h1,3,7,13-14H,2,4-5,9H2,(H,10,15). The minimum Gasteiger partial charge on any atom is -0.396 e. The molecule has 7 heteroatoms. The molecule has 84 valence electrons. The highest BCUT2D eigenvalue weighted by Gasteiger charge is 2.06. The maximum absolute atomic E-state index is 11.2. The van der Waals surface area contributed by atoms with Gasteiger partial charge in [-0.3, -0.25) is 9.48 Å². The molecule has 1 rings (SSSR count). The second kappa shape index (κ2) is 5.32. The molecule has 15 heavy (non-hydrogen) atoms. The summed E-state index contributed by atoms with van der Waals surface area (Å²) in [4.78, 5) is 11.2. The van der Waals surface area contributed by atoms with E-state index in [0.717, 1.165) is 0 Å². The Bertz CT molecular complexity index is 325. The first-order valence-corrected chi connectivity index (χ1v) is 4.45. The van der Waals surface area contributed by atoms with Crippen molar-refractivity contribution >= 4 is 11.6 Å². The summed E-state index contributed by atoms with van der Waals surface area (Å²) in [6.07, 6.45) is 2.04. The van der Waals surface area contributed by atoms with Crippen LogP contribution >= 0.6 is 0 Å². The van der Waals surface area contributed by atoms with Crippen molar-refractivity contribution in [1.82, 2.24) is 15.1 Å². The molecule has 1 aromatic rings. The molecule has 0 aliphatic rings. The lowest BCUT2D eigenvalue weighted by Crippen LogP contribution is -2.35.